The van der Waals surface area contributed by atoms with Crippen LogP contribution in [0.15, 0.2) is 12.2 Å². The van der Waals surface area contributed by atoms with Crippen LogP contribution in [0.5, 0.6) is 0 Å². The molecule has 0 bridgehead atoms. The normalized spacial score (nSPS) is 28.7. The Bertz CT molecular complexity index is 338. The lowest BCUT2D eigenvalue weighted by Crippen LogP contribution is -2.32. The molecular formula is C14H21NO3. The number of aliphatic hydroxyl groups is 1. The van der Waals surface area contributed by atoms with Crippen molar-refractivity contribution >= 4 is 11.8 Å². The van der Waals surface area contributed by atoms with E-state index >= 15 is 0 Å². The van der Waals surface area contributed by atoms with Crippen LogP contribution in [-0.4, -0.2) is 35.0 Å². The van der Waals surface area contributed by atoms with Gasteiger partial charge in [0.1, 0.15) is 0 Å². The van der Waals surface area contributed by atoms with Crippen LogP contribution in [0.1, 0.15) is 32.6 Å². The number of hydrogen-bond donors (Lipinski definition) is 1. The topological polar surface area (TPSA) is 57.6 Å². The zero-order valence-corrected chi connectivity index (χ0v) is 10.8. The number of rotatable bonds is 5. The second-order valence-electron chi connectivity index (χ2n) is 5.41. The van der Waals surface area contributed by atoms with Gasteiger partial charge in [0.15, 0.2) is 0 Å². The monoisotopic (exact) mass is 251 g/mol. The summed E-state index contributed by atoms with van der Waals surface area (Å²) in [5.41, 5.74) is 0. The standard InChI is InChI=1S/C14H21NO3/c1-10(9-16)5-4-8-15-13(17)11-6-2-3-7-12(11)14(15)18/h2-3,10-12,16H,4-9H2,1H3. The van der Waals surface area contributed by atoms with E-state index in [0.29, 0.717) is 19.4 Å². The first-order valence-electron chi connectivity index (χ1n) is 6.76. The summed E-state index contributed by atoms with van der Waals surface area (Å²) in [5.74, 6) is 0.0225. The SMILES string of the molecule is CC(CO)CCCN1C(=O)C2CC=CCC2C1=O. The maximum absolute atomic E-state index is 12.1. The summed E-state index contributed by atoms with van der Waals surface area (Å²) >= 11 is 0. The highest BCUT2D eigenvalue weighted by molar-refractivity contribution is 6.05. The first kappa shape index (κ1) is 13.3. The molecule has 1 N–H and O–H groups in total. The van der Waals surface area contributed by atoms with Gasteiger partial charge in [-0.25, -0.2) is 0 Å². The molecule has 1 aliphatic carbocycles. The number of imide groups is 1. The molecule has 2 aliphatic rings. The van der Waals surface area contributed by atoms with E-state index in [4.69, 9.17) is 5.11 Å². The van der Waals surface area contributed by atoms with Gasteiger partial charge < -0.3 is 5.11 Å². The fourth-order valence-electron chi connectivity index (χ4n) is 2.78. The van der Waals surface area contributed by atoms with Crippen LogP contribution < -0.4 is 0 Å². The molecule has 2 amide bonds. The predicted octanol–water partition coefficient (Wildman–Crippen LogP) is 1.35. The molecule has 4 heteroatoms. The van der Waals surface area contributed by atoms with E-state index in [1.54, 1.807) is 0 Å². The van der Waals surface area contributed by atoms with Crippen molar-refractivity contribution in [2.24, 2.45) is 17.8 Å². The van der Waals surface area contributed by atoms with E-state index in [1.165, 1.54) is 4.90 Å². The van der Waals surface area contributed by atoms with Crippen molar-refractivity contribution in [1.29, 1.82) is 0 Å². The van der Waals surface area contributed by atoms with Crippen LogP contribution in [0.4, 0.5) is 0 Å². The summed E-state index contributed by atoms with van der Waals surface area (Å²) in [4.78, 5) is 25.7. The Balaban J connectivity index is 1.90. The van der Waals surface area contributed by atoms with E-state index in [-0.39, 0.29) is 36.2 Å². The molecule has 3 unspecified atom stereocenters. The Hall–Kier alpha value is -1.16. The van der Waals surface area contributed by atoms with Gasteiger partial charge >= 0.3 is 0 Å². The number of carbonyl (C=O) groups is 2. The van der Waals surface area contributed by atoms with Crippen LogP contribution in [0, 0.1) is 17.8 Å². The van der Waals surface area contributed by atoms with Gasteiger partial charge in [-0.2, -0.15) is 0 Å². The van der Waals surface area contributed by atoms with E-state index in [9.17, 15) is 9.59 Å². The molecular weight excluding hydrogens is 230 g/mol. The summed E-state index contributed by atoms with van der Waals surface area (Å²) in [6.45, 7) is 2.64. The third-order valence-electron chi connectivity index (χ3n) is 3.99. The molecule has 2 rings (SSSR count). The quantitative estimate of drug-likeness (QED) is 0.592. The molecule has 18 heavy (non-hydrogen) atoms. The van der Waals surface area contributed by atoms with Crippen LogP contribution in [0.2, 0.25) is 0 Å². The molecule has 0 saturated carbocycles. The van der Waals surface area contributed by atoms with Crippen molar-refractivity contribution < 1.29 is 14.7 Å². The average Bonchev–Trinajstić information content (AvgIpc) is 2.64. The Morgan fingerprint density at radius 1 is 1.28 bits per heavy atom. The number of aliphatic hydroxyl groups excluding tert-OH is 1. The lowest BCUT2D eigenvalue weighted by Gasteiger charge is -2.15. The zero-order valence-electron chi connectivity index (χ0n) is 10.8. The molecule has 0 aromatic heterocycles. The van der Waals surface area contributed by atoms with Gasteiger partial charge in [-0.15, -0.1) is 0 Å². The van der Waals surface area contributed by atoms with Crippen molar-refractivity contribution in [3.63, 3.8) is 0 Å². The third kappa shape index (κ3) is 2.48. The lowest BCUT2D eigenvalue weighted by molar-refractivity contribution is -0.140. The van der Waals surface area contributed by atoms with Crippen molar-refractivity contribution in [3.05, 3.63) is 12.2 Å². The molecule has 100 valence electrons. The first-order chi connectivity index (χ1) is 8.65. The maximum atomic E-state index is 12.1. The number of likely N-dealkylation sites (tertiary alicyclic amines) is 1. The van der Waals surface area contributed by atoms with Crippen LogP contribution in [0.25, 0.3) is 0 Å². The molecule has 0 spiro atoms. The summed E-state index contributed by atoms with van der Waals surface area (Å²) in [7, 11) is 0. The summed E-state index contributed by atoms with van der Waals surface area (Å²) < 4.78 is 0. The minimum Gasteiger partial charge on any atom is -0.396 e. The Kier molecular flexibility index (Phi) is 4.17. The number of amides is 2. The second-order valence-corrected chi connectivity index (χ2v) is 5.41. The maximum Gasteiger partial charge on any atom is 0.233 e. The van der Waals surface area contributed by atoms with Gasteiger partial charge in [0.25, 0.3) is 0 Å². The molecule has 0 aromatic carbocycles. The summed E-state index contributed by atoms with van der Waals surface area (Å²) in [6.07, 6.45) is 7.05. The van der Waals surface area contributed by atoms with E-state index in [0.717, 1.165) is 12.8 Å². The molecule has 1 aliphatic heterocycles. The summed E-state index contributed by atoms with van der Waals surface area (Å²) in [5, 5.41) is 8.94. The highest BCUT2D eigenvalue weighted by Crippen LogP contribution is 2.35. The average molecular weight is 251 g/mol. The van der Waals surface area contributed by atoms with E-state index < -0.39 is 0 Å². The van der Waals surface area contributed by atoms with Crippen LogP contribution in [0.3, 0.4) is 0 Å². The number of allylic oxidation sites excluding steroid dienone is 2. The number of hydrogen-bond acceptors (Lipinski definition) is 3. The zero-order chi connectivity index (χ0) is 13.1. The Morgan fingerprint density at radius 2 is 1.83 bits per heavy atom. The van der Waals surface area contributed by atoms with Gasteiger partial charge in [0, 0.05) is 13.2 Å². The Labute approximate surface area is 108 Å². The predicted molar refractivity (Wildman–Crippen MR) is 67.6 cm³/mol. The van der Waals surface area contributed by atoms with E-state index in [2.05, 4.69) is 0 Å². The molecule has 3 atom stereocenters. The largest absolute Gasteiger partial charge is 0.396 e. The molecule has 0 aromatic rings. The van der Waals surface area contributed by atoms with Gasteiger partial charge in [-0.05, 0) is 31.6 Å². The highest BCUT2D eigenvalue weighted by atomic mass is 16.3. The van der Waals surface area contributed by atoms with Crippen molar-refractivity contribution in [3.8, 4) is 0 Å². The van der Waals surface area contributed by atoms with Crippen molar-refractivity contribution in [2.75, 3.05) is 13.2 Å². The fraction of sp³-hybridized carbons (Fsp3) is 0.714. The minimum atomic E-state index is -0.113. The van der Waals surface area contributed by atoms with Gasteiger partial charge in [0.05, 0.1) is 11.8 Å². The number of nitrogens with zero attached hydrogens (tertiary/aromatic N) is 1. The van der Waals surface area contributed by atoms with Gasteiger partial charge in [-0.3, -0.25) is 14.5 Å². The fourth-order valence-corrected chi connectivity index (χ4v) is 2.78. The molecule has 0 radical (unpaired) electrons. The lowest BCUT2D eigenvalue weighted by atomic mass is 9.85. The highest BCUT2D eigenvalue weighted by Gasteiger charge is 2.46. The number of carbonyl (C=O) groups excluding carboxylic acids is 2. The summed E-state index contributed by atoms with van der Waals surface area (Å²) in [6, 6.07) is 0. The molecule has 1 saturated heterocycles. The van der Waals surface area contributed by atoms with Crippen molar-refractivity contribution in [2.45, 2.75) is 32.6 Å². The van der Waals surface area contributed by atoms with Crippen molar-refractivity contribution in [1.82, 2.24) is 4.90 Å². The minimum absolute atomic E-state index is 0.00556. The number of fused-ring (bicyclic) bond motifs is 1. The van der Waals surface area contributed by atoms with Gasteiger partial charge in [0.2, 0.25) is 11.8 Å². The van der Waals surface area contributed by atoms with Crippen LogP contribution >= 0.6 is 0 Å². The smallest absolute Gasteiger partial charge is 0.233 e. The molecule has 4 nitrogen and oxygen atoms in total. The molecule has 1 heterocycles. The van der Waals surface area contributed by atoms with Crippen LogP contribution in [-0.2, 0) is 9.59 Å². The van der Waals surface area contributed by atoms with Gasteiger partial charge in [-0.1, -0.05) is 19.1 Å². The molecule has 1 fully saturated rings. The second kappa shape index (κ2) is 5.65. The first-order valence-corrected chi connectivity index (χ1v) is 6.76. The third-order valence-corrected chi connectivity index (χ3v) is 3.99. The van der Waals surface area contributed by atoms with E-state index in [1.807, 2.05) is 19.1 Å². The Morgan fingerprint density at radius 3 is 2.33 bits per heavy atom.